The van der Waals surface area contributed by atoms with Crippen molar-refractivity contribution < 1.29 is 35.5 Å². The van der Waals surface area contributed by atoms with E-state index in [1.165, 1.54) is 7.05 Å². The van der Waals surface area contributed by atoms with E-state index in [1.54, 1.807) is 0 Å². The first-order chi connectivity index (χ1) is 13.2. The Hall–Kier alpha value is -2.63. The molecule has 0 bridgehead atoms. The zero-order chi connectivity index (χ0) is 22.2. The monoisotopic (exact) mass is 444 g/mol. The molecule has 1 amide bonds. The number of hydrogen-bond donors (Lipinski definition) is 2. The normalized spacial score (nSPS) is 14.3. The molecule has 0 aliphatic rings. The quantitative estimate of drug-likeness (QED) is 0.637. The van der Waals surface area contributed by atoms with Crippen LogP contribution in [-0.2, 0) is 11.8 Å². The lowest BCUT2D eigenvalue weighted by atomic mass is 9.98. The van der Waals surface area contributed by atoms with Gasteiger partial charge in [0, 0.05) is 25.0 Å². The highest BCUT2D eigenvalue weighted by Crippen LogP contribution is 2.43. The Labute approximate surface area is 164 Å². The number of halogens is 8. The minimum absolute atomic E-state index is 0.122. The summed E-state index contributed by atoms with van der Waals surface area (Å²) >= 11 is 5.67. The Morgan fingerprint density at radius 3 is 2.07 bits per heavy atom. The molecular weight excluding hydrogens is 433 g/mol. The van der Waals surface area contributed by atoms with Crippen molar-refractivity contribution >= 4 is 29.0 Å². The van der Waals surface area contributed by atoms with Crippen LogP contribution in [0, 0.1) is 0 Å². The van der Waals surface area contributed by atoms with Crippen LogP contribution in [0.25, 0.3) is 0 Å². The lowest BCUT2D eigenvalue weighted by Gasteiger charge is -2.24. The average molecular weight is 445 g/mol. The number of pyridine rings is 2. The highest BCUT2D eigenvalue weighted by Gasteiger charge is 2.53. The molecule has 158 valence electrons. The van der Waals surface area contributed by atoms with Crippen molar-refractivity contribution in [3.8, 4) is 0 Å². The van der Waals surface area contributed by atoms with E-state index in [2.05, 4.69) is 20.6 Å². The third-order valence-electron chi connectivity index (χ3n) is 3.83. The number of nitrogens with zero attached hydrogens (tertiary/aromatic N) is 2. The predicted molar refractivity (Wildman–Crippen MR) is 90.5 cm³/mol. The van der Waals surface area contributed by atoms with Gasteiger partial charge in [0.1, 0.15) is 11.5 Å². The van der Waals surface area contributed by atoms with Gasteiger partial charge in [0.15, 0.2) is 0 Å². The van der Waals surface area contributed by atoms with Gasteiger partial charge in [-0.15, -0.1) is 0 Å². The standard InChI is InChI=1S/C16H12ClF7N4O/c1-14(18,16(22,23)24)7-4-10(12(25-2)27-5-7)28-13(29)11-9(17)3-8(6-26-11)15(19,20)21/h3-6H,1-2H3,(H,25,27)(H,28,29). The molecule has 0 aromatic carbocycles. The number of hydrogen-bond acceptors (Lipinski definition) is 4. The summed E-state index contributed by atoms with van der Waals surface area (Å²) in [6.45, 7) is 0.281. The van der Waals surface area contributed by atoms with Gasteiger partial charge >= 0.3 is 12.4 Å². The van der Waals surface area contributed by atoms with Gasteiger partial charge in [0.05, 0.1) is 16.3 Å². The lowest BCUT2D eigenvalue weighted by molar-refractivity contribution is -0.228. The summed E-state index contributed by atoms with van der Waals surface area (Å²) in [5.41, 5.74) is -6.84. The van der Waals surface area contributed by atoms with Gasteiger partial charge in [-0.2, -0.15) is 26.3 Å². The van der Waals surface area contributed by atoms with Crippen molar-refractivity contribution in [1.29, 1.82) is 0 Å². The van der Waals surface area contributed by atoms with Crippen LogP contribution in [-0.4, -0.2) is 29.1 Å². The highest BCUT2D eigenvalue weighted by molar-refractivity contribution is 6.34. The minimum atomic E-state index is -5.25. The molecule has 2 aromatic rings. The van der Waals surface area contributed by atoms with E-state index in [-0.39, 0.29) is 18.4 Å². The molecular formula is C16H12ClF7N4O. The van der Waals surface area contributed by atoms with E-state index in [9.17, 15) is 35.5 Å². The summed E-state index contributed by atoms with van der Waals surface area (Å²) in [6, 6.07) is 1.17. The topological polar surface area (TPSA) is 66.9 Å². The van der Waals surface area contributed by atoms with Crippen molar-refractivity contribution in [2.24, 2.45) is 0 Å². The number of nitrogens with one attached hydrogen (secondary N) is 2. The maximum atomic E-state index is 14.2. The number of carbonyl (C=O) groups is 1. The number of amides is 1. The highest BCUT2D eigenvalue weighted by atomic mass is 35.5. The van der Waals surface area contributed by atoms with Gasteiger partial charge in [-0.05, 0) is 19.1 Å². The van der Waals surface area contributed by atoms with Crippen molar-refractivity contribution in [1.82, 2.24) is 9.97 Å². The molecule has 1 unspecified atom stereocenters. The molecule has 0 radical (unpaired) electrons. The average Bonchev–Trinajstić information content (AvgIpc) is 2.59. The molecule has 0 aliphatic carbocycles. The van der Waals surface area contributed by atoms with Gasteiger partial charge in [0.2, 0.25) is 5.67 Å². The van der Waals surface area contributed by atoms with Crippen LogP contribution in [0.4, 0.5) is 42.2 Å². The summed E-state index contributed by atoms with van der Waals surface area (Å²) in [5, 5.41) is 3.96. The minimum Gasteiger partial charge on any atom is -0.371 e. The van der Waals surface area contributed by atoms with E-state index < -0.39 is 45.8 Å². The van der Waals surface area contributed by atoms with Crippen LogP contribution in [0.5, 0.6) is 0 Å². The second-order valence-corrected chi connectivity index (χ2v) is 6.28. The summed E-state index contributed by atoms with van der Waals surface area (Å²) in [4.78, 5) is 19.3. The fraction of sp³-hybridized carbons (Fsp3) is 0.312. The smallest absolute Gasteiger partial charge is 0.371 e. The Balaban J connectivity index is 2.41. The number of rotatable bonds is 4. The number of aromatic nitrogens is 2. The maximum absolute atomic E-state index is 14.2. The van der Waals surface area contributed by atoms with E-state index in [0.717, 1.165) is 0 Å². The molecule has 0 saturated carbocycles. The summed E-state index contributed by atoms with van der Waals surface area (Å²) in [6.07, 6.45) is -8.99. The zero-order valence-corrected chi connectivity index (χ0v) is 15.4. The van der Waals surface area contributed by atoms with Crippen molar-refractivity contribution in [3.05, 3.63) is 46.4 Å². The fourth-order valence-corrected chi connectivity index (χ4v) is 2.37. The molecule has 0 aliphatic heterocycles. The van der Waals surface area contributed by atoms with Gasteiger partial charge in [-0.1, -0.05) is 11.6 Å². The molecule has 29 heavy (non-hydrogen) atoms. The number of carbonyl (C=O) groups excluding carboxylic acids is 1. The first kappa shape index (κ1) is 22.7. The van der Waals surface area contributed by atoms with Crippen LogP contribution in [0.2, 0.25) is 5.02 Å². The molecule has 2 N–H and O–H groups in total. The van der Waals surface area contributed by atoms with Gasteiger partial charge < -0.3 is 10.6 Å². The van der Waals surface area contributed by atoms with Crippen LogP contribution >= 0.6 is 11.6 Å². The van der Waals surface area contributed by atoms with Crippen LogP contribution in [0.1, 0.15) is 28.5 Å². The maximum Gasteiger partial charge on any atom is 0.426 e. The molecule has 0 spiro atoms. The van der Waals surface area contributed by atoms with E-state index >= 15 is 0 Å². The lowest BCUT2D eigenvalue weighted by Crippen LogP contribution is -2.35. The van der Waals surface area contributed by atoms with E-state index in [1.807, 2.05) is 0 Å². The predicted octanol–water partition coefficient (Wildman–Crippen LogP) is 5.19. The molecule has 2 aromatic heterocycles. The first-order valence-corrected chi connectivity index (χ1v) is 8.04. The number of anilines is 2. The second kappa shape index (κ2) is 7.65. The SMILES string of the molecule is CNc1ncc(C(C)(F)C(F)(F)F)cc1NC(=O)c1ncc(C(F)(F)F)cc1Cl. The van der Waals surface area contributed by atoms with Gasteiger partial charge in [-0.25, -0.2) is 14.4 Å². The second-order valence-electron chi connectivity index (χ2n) is 5.88. The summed E-state index contributed by atoms with van der Waals surface area (Å²) < 4.78 is 90.9. The summed E-state index contributed by atoms with van der Waals surface area (Å²) in [5.74, 6) is -1.25. The molecule has 1 atom stereocenters. The third kappa shape index (κ3) is 4.69. The van der Waals surface area contributed by atoms with Gasteiger partial charge in [0.25, 0.3) is 5.91 Å². The molecule has 2 heterocycles. The summed E-state index contributed by atoms with van der Waals surface area (Å²) in [7, 11) is 1.33. The fourth-order valence-electron chi connectivity index (χ4n) is 2.12. The molecule has 13 heteroatoms. The Morgan fingerprint density at radius 1 is 1.00 bits per heavy atom. The van der Waals surface area contributed by atoms with E-state index in [4.69, 9.17) is 11.6 Å². The Bertz CT molecular complexity index is 928. The largest absolute Gasteiger partial charge is 0.426 e. The molecule has 0 fully saturated rings. The van der Waals surface area contributed by atoms with Crippen molar-refractivity contribution in [2.45, 2.75) is 24.9 Å². The van der Waals surface area contributed by atoms with Crippen LogP contribution < -0.4 is 10.6 Å². The molecule has 5 nitrogen and oxygen atoms in total. The van der Waals surface area contributed by atoms with E-state index in [0.29, 0.717) is 24.5 Å². The molecule has 2 rings (SSSR count). The Morgan fingerprint density at radius 2 is 1.59 bits per heavy atom. The Kier molecular flexibility index (Phi) is 5.98. The van der Waals surface area contributed by atoms with Gasteiger partial charge in [-0.3, -0.25) is 4.79 Å². The van der Waals surface area contributed by atoms with Crippen LogP contribution in [0.3, 0.4) is 0 Å². The van der Waals surface area contributed by atoms with Crippen LogP contribution in [0.15, 0.2) is 24.5 Å². The first-order valence-electron chi connectivity index (χ1n) is 7.66. The van der Waals surface area contributed by atoms with Crippen molar-refractivity contribution in [3.63, 3.8) is 0 Å². The zero-order valence-electron chi connectivity index (χ0n) is 14.6. The number of alkyl halides is 7. The molecule has 0 saturated heterocycles. The third-order valence-corrected chi connectivity index (χ3v) is 4.12. The van der Waals surface area contributed by atoms with Crippen molar-refractivity contribution in [2.75, 3.05) is 17.7 Å².